The van der Waals surface area contributed by atoms with E-state index in [-0.39, 0.29) is 0 Å². The SMILES string of the molecule is c1ccc(N(c2ccc(-c3cccc4c3oc3ccccc34)cc2)c2ccc(-c3cccc4c3sc3ccccc34)cc2)cc1. The van der Waals surface area contributed by atoms with Crippen LogP contribution in [-0.2, 0) is 0 Å². The Balaban J connectivity index is 1.11. The zero-order valence-electron chi connectivity index (χ0n) is 24.4. The third-order valence-electron chi connectivity index (χ3n) is 8.70. The third kappa shape index (κ3) is 4.32. The zero-order valence-corrected chi connectivity index (χ0v) is 25.2. The highest BCUT2D eigenvalue weighted by molar-refractivity contribution is 7.26. The molecule has 9 rings (SSSR count). The van der Waals surface area contributed by atoms with Crippen molar-refractivity contribution in [3.8, 4) is 22.3 Å². The Kier molecular flexibility index (Phi) is 6.03. The van der Waals surface area contributed by atoms with Crippen LogP contribution in [0, 0.1) is 0 Å². The van der Waals surface area contributed by atoms with Crippen molar-refractivity contribution in [1.82, 2.24) is 0 Å². The molecule has 3 heteroatoms. The van der Waals surface area contributed by atoms with Crippen molar-refractivity contribution in [1.29, 1.82) is 0 Å². The second kappa shape index (κ2) is 10.5. The lowest BCUT2D eigenvalue weighted by atomic mass is 10.0. The number of benzene rings is 7. The van der Waals surface area contributed by atoms with E-state index in [0.717, 1.165) is 50.1 Å². The average molecular weight is 594 g/mol. The van der Waals surface area contributed by atoms with Gasteiger partial charge in [-0.3, -0.25) is 0 Å². The molecule has 0 aliphatic rings. The standard InChI is InChI=1S/C42H27NOS/c1-2-10-30(11-3-1)43(31-24-20-28(21-25-31)33-14-8-16-37-35-12-4-6-18-39(35)44-41(33)37)32-26-22-29(23-27-32)34-15-9-17-38-36-13-5-7-19-40(36)45-42(34)38/h1-27H. The van der Waals surface area contributed by atoms with Gasteiger partial charge in [-0.25, -0.2) is 0 Å². The molecule has 0 aliphatic heterocycles. The van der Waals surface area contributed by atoms with Gasteiger partial charge in [-0.15, -0.1) is 11.3 Å². The molecule has 2 heterocycles. The summed E-state index contributed by atoms with van der Waals surface area (Å²) in [5.74, 6) is 0. The topological polar surface area (TPSA) is 16.4 Å². The van der Waals surface area contributed by atoms with Crippen LogP contribution in [0.2, 0.25) is 0 Å². The van der Waals surface area contributed by atoms with E-state index in [1.807, 2.05) is 23.5 Å². The quantitative estimate of drug-likeness (QED) is 0.197. The van der Waals surface area contributed by atoms with Gasteiger partial charge in [-0.1, -0.05) is 115 Å². The number of rotatable bonds is 5. The molecule has 7 aromatic carbocycles. The van der Waals surface area contributed by atoms with E-state index in [9.17, 15) is 0 Å². The Bertz CT molecular complexity index is 2310. The van der Waals surface area contributed by atoms with Crippen molar-refractivity contribution >= 4 is 70.5 Å². The maximum absolute atomic E-state index is 6.34. The smallest absolute Gasteiger partial charge is 0.143 e. The van der Waals surface area contributed by atoms with Crippen molar-refractivity contribution in [2.45, 2.75) is 0 Å². The van der Waals surface area contributed by atoms with Gasteiger partial charge in [0.15, 0.2) is 0 Å². The Morgan fingerprint density at radius 3 is 1.71 bits per heavy atom. The predicted molar refractivity (Wildman–Crippen MR) is 192 cm³/mol. The molecule has 0 N–H and O–H groups in total. The normalized spacial score (nSPS) is 11.6. The maximum atomic E-state index is 6.34. The molecule has 0 unspecified atom stereocenters. The van der Waals surface area contributed by atoms with Gasteiger partial charge in [-0.2, -0.15) is 0 Å². The van der Waals surface area contributed by atoms with Crippen LogP contribution in [0.5, 0.6) is 0 Å². The number of nitrogens with zero attached hydrogens (tertiary/aromatic N) is 1. The highest BCUT2D eigenvalue weighted by Gasteiger charge is 2.16. The van der Waals surface area contributed by atoms with Crippen LogP contribution < -0.4 is 4.90 Å². The summed E-state index contributed by atoms with van der Waals surface area (Å²) in [6.07, 6.45) is 0. The van der Waals surface area contributed by atoms with Crippen molar-refractivity contribution in [2.75, 3.05) is 4.90 Å². The van der Waals surface area contributed by atoms with Crippen LogP contribution in [-0.4, -0.2) is 0 Å². The fourth-order valence-electron chi connectivity index (χ4n) is 6.55. The summed E-state index contributed by atoms with van der Waals surface area (Å²) >= 11 is 1.87. The van der Waals surface area contributed by atoms with E-state index in [4.69, 9.17) is 4.42 Å². The summed E-state index contributed by atoms with van der Waals surface area (Å²) in [6, 6.07) is 58.3. The Labute approximate surface area is 265 Å². The summed E-state index contributed by atoms with van der Waals surface area (Å²) in [5.41, 5.74) is 9.89. The van der Waals surface area contributed by atoms with Crippen molar-refractivity contribution in [3.05, 3.63) is 164 Å². The minimum atomic E-state index is 0.916. The number of thiophene rings is 1. The predicted octanol–water partition coefficient (Wildman–Crippen LogP) is 12.8. The Morgan fingerprint density at radius 1 is 0.400 bits per heavy atom. The van der Waals surface area contributed by atoms with Gasteiger partial charge in [0.25, 0.3) is 0 Å². The largest absolute Gasteiger partial charge is 0.455 e. The number of hydrogen-bond acceptors (Lipinski definition) is 3. The summed E-state index contributed by atoms with van der Waals surface area (Å²) in [6.45, 7) is 0. The number of furan rings is 1. The summed E-state index contributed by atoms with van der Waals surface area (Å²) in [7, 11) is 0. The molecule has 212 valence electrons. The van der Waals surface area contributed by atoms with Crippen molar-refractivity contribution in [2.24, 2.45) is 0 Å². The number of para-hydroxylation sites is 3. The Hall–Kier alpha value is -5.64. The molecule has 0 saturated carbocycles. The average Bonchev–Trinajstić information content (AvgIpc) is 3.68. The molecule has 45 heavy (non-hydrogen) atoms. The Morgan fingerprint density at radius 2 is 0.956 bits per heavy atom. The van der Waals surface area contributed by atoms with Gasteiger partial charge in [0.1, 0.15) is 11.2 Å². The molecule has 0 fully saturated rings. The first-order valence-electron chi connectivity index (χ1n) is 15.2. The van der Waals surface area contributed by atoms with E-state index in [1.54, 1.807) is 0 Å². The first-order valence-corrected chi connectivity index (χ1v) is 16.0. The summed E-state index contributed by atoms with van der Waals surface area (Å²) in [4.78, 5) is 2.31. The van der Waals surface area contributed by atoms with Gasteiger partial charge < -0.3 is 9.32 Å². The van der Waals surface area contributed by atoms with Gasteiger partial charge in [0, 0.05) is 53.6 Å². The molecule has 0 amide bonds. The van der Waals surface area contributed by atoms with Crippen molar-refractivity contribution in [3.63, 3.8) is 0 Å². The fraction of sp³-hybridized carbons (Fsp3) is 0. The lowest BCUT2D eigenvalue weighted by molar-refractivity contribution is 0.670. The molecule has 0 radical (unpaired) electrons. The summed E-state index contributed by atoms with van der Waals surface area (Å²) < 4.78 is 9.00. The van der Waals surface area contributed by atoms with E-state index >= 15 is 0 Å². The molecular weight excluding hydrogens is 567 g/mol. The van der Waals surface area contributed by atoms with Gasteiger partial charge in [0.2, 0.25) is 0 Å². The monoisotopic (exact) mass is 593 g/mol. The van der Waals surface area contributed by atoms with Crippen LogP contribution in [0.4, 0.5) is 17.1 Å². The second-order valence-electron chi connectivity index (χ2n) is 11.3. The lowest BCUT2D eigenvalue weighted by Crippen LogP contribution is -2.09. The van der Waals surface area contributed by atoms with Crippen LogP contribution in [0.3, 0.4) is 0 Å². The molecule has 2 nitrogen and oxygen atoms in total. The fourth-order valence-corrected chi connectivity index (χ4v) is 7.79. The number of fused-ring (bicyclic) bond motifs is 6. The van der Waals surface area contributed by atoms with E-state index in [1.165, 1.54) is 31.3 Å². The van der Waals surface area contributed by atoms with Crippen molar-refractivity contribution < 1.29 is 4.42 Å². The highest BCUT2D eigenvalue weighted by Crippen LogP contribution is 2.42. The first kappa shape index (κ1) is 25.8. The number of anilines is 3. The molecule has 9 aromatic rings. The maximum Gasteiger partial charge on any atom is 0.143 e. The molecule has 0 spiro atoms. The first-order chi connectivity index (χ1) is 22.3. The van der Waals surface area contributed by atoms with Crippen LogP contribution in [0.1, 0.15) is 0 Å². The minimum absolute atomic E-state index is 0.916. The van der Waals surface area contributed by atoms with E-state index in [0.29, 0.717) is 0 Å². The molecule has 2 aromatic heterocycles. The lowest BCUT2D eigenvalue weighted by Gasteiger charge is -2.26. The van der Waals surface area contributed by atoms with E-state index < -0.39 is 0 Å². The molecule has 0 bridgehead atoms. The van der Waals surface area contributed by atoms with E-state index in [2.05, 4.69) is 157 Å². The van der Waals surface area contributed by atoms with Gasteiger partial charge in [0.05, 0.1) is 0 Å². The zero-order chi connectivity index (χ0) is 29.7. The second-order valence-corrected chi connectivity index (χ2v) is 12.4. The number of hydrogen-bond donors (Lipinski definition) is 0. The van der Waals surface area contributed by atoms with Gasteiger partial charge in [-0.05, 0) is 65.2 Å². The third-order valence-corrected chi connectivity index (χ3v) is 9.92. The van der Waals surface area contributed by atoms with Crippen LogP contribution in [0.25, 0.3) is 64.4 Å². The molecule has 0 saturated heterocycles. The molecule has 0 atom stereocenters. The van der Waals surface area contributed by atoms with Crippen LogP contribution >= 0.6 is 11.3 Å². The summed E-state index contributed by atoms with van der Waals surface area (Å²) in [5, 5.41) is 4.94. The molecule has 0 aliphatic carbocycles. The highest BCUT2D eigenvalue weighted by atomic mass is 32.1. The van der Waals surface area contributed by atoms with Gasteiger partial charge >= 0.3 is 0 Å². The van der Waals surface area contributed by atoms with Crippen LogP contribution in [0.15, 0.2) is 168 Å². The molecular formula is C42H27NOS. The minimum Gasteiger partial charge on any atom is -0.455 e.